The predicted octanol–water partition coefficient (Wildman–Crippen LogP) is 4.69. The number of ether oxygens (including phenoxy) is 4. The van der Waals surface area contributed by atoms with Gasteiger partial charge >= 0.3 is 17.9 Å². The average Bonchev–Trinajstić information content (AvgIpc) is 3.63. The Morgan fingerprint density at radius 2 is 1.30 bits per heavy atom. The number of nitrogens with zero attached hydrogens (tertiary/aromatic N) is 3. The molecule has 5 aromatic rings. The van der Waals surface area contributed by atoms with Crippen LogP contribution in [0, 0.1) is 4.64 Å². The van der Waals surface area contributed by atoms with Crippen LogP contribution in [0.1, 0.15) is 37.3 Å². The summed E-state index contributed by atoms with van der Waals surface area (Å²) in [6, 6.07) is 25.2. The molecule has 11 nitrogen and oxygen atoms in total. The van der Waals surface area contributed by atoms with Gasteiger partial charge in [0.05, 0.1) is 29.3 Å². The molecule has 1 aliphatic heterocycles. The number of benzene rings is 3. The van der Waals surface area contributed by atoms with Crippen LogP contribution >= 0.6 is 12.2 Å². The van der Waals surface area contributed by atoms with Gasteiger partial charge in [-0.2, -0.15) is 0 Å². The second kappa shape index (κ2) is 12.3. The van der Waals surface area contributed by atoms with Crippen LogP contribution in [0.5, 0.6) is 0 Å². The summed E-state index contributed by atoms with van der Waals surface area (Å²) in [6.45, 7) is -0.305. The van der Waals surface area contributed by atoms with Gasteiger partial charge in [0.15, 0.2) is 23.1 Å². The molecular formula is C31H24N4O7S. The lowest BCUT2D eigenvalue weighted by molar-refractivity contribution is -0.0606. The fourth-order valence-electron chi connectivity index (χ4n) is 4.75. The minimum Gasteiger partial charge on any atom is -0.459 e. The van der Waals surface area contributed by atoms with E-state index in [1.807, 2.05) is 0 Å². The first-order valence-electron chi connectivity index (χ1n) is 13.3. The van der Waals surface area contributed by atoms with E-state index in [0.717, 1.165) is 0 Å². The molecule has 0 bridgehead atoms. The fourth-order valence-corrected chi connectivity index (χ4v) is 4.95. The number of rotatable bonds is 8. The van der Waals surface area contributed by atoms with Gasteiger partial charge in [-0.1, -0.05) is 66.8 Å². The Morgan fingerprint density at radius 3 is 1.88 bits per heavy atom. The van der Waals surface area contributed by atoms with Crippen molar-refractivity contribution in [3.05, 3.63) is 125 Å². The number of imidazole rings is 1. The molecule has 0 spiro atoms. The average molecular weight is 597 g/mol. The fraction of sp³-hybridized carbons (Fsp3) is 0.161. The summed E-state index contributed by atoms with van der Waals surface area (Å²) in [5.74, 6) is -1.93. The monoisotopic (exact) mass is 596 g/mol. The van der Waals surface area contributed by atoms with Crippen molar-refractivity contribution in [3.8, 4) is 0 Å². The van der Waals surface area contributed by atoms with E-state index < -0.39 is 42.4 Å². The molecule has 43 heavy (non-hydrogen) atoms. The Morgan fingerprint density at radius 1 is 0.767 bits per heavy atom. The molecule has 3 heterocycles. The number of esters is 3. The SMILES string of the molecule is O=C(OC[C@H]1O[C@@H](n2cnc3c(=S)nc[nH]c32)[C@H](OC(=O)c2ccccc2)[C@@H]1OC(=O)c1ccccc1)c1ccccc1. The third kappa shape index (κ3) is 5.92. The minimum atomic E-state index is -1.19. The van der Waals surface area contributed by atoms with Crippen LogP contribution in [-0.2, 0) is 18.9 Å². The number of H-pyrrole nitrogens is 1. The third-order valence-electron chi connectivity index (χ3n) is 6.83. The molecule has 0 amide bonds. The van der Waals surface area contributed by atoms with Crippen molar-refractivity contribution < 1.29 is 33.3 Å². The van der Waals surface area contributed by atoms with E-state index in [1.165, 1.54) is 12.7 Å². The van der Waals surface area contributed by atoms with E-state index in [9.17, 15) is 14.4 Å². The topological polar surface area (TPSA) is 135 Å². The zero-order chi connectivity index (χ0) is 29.8. The highest BCUT2D eigenvalue weighted by Gasteiger charge is 2.51. The van der Waals surface area contributed by atoms with Crippen LogP contribution in [0.3, 0.4) is 0 Å². The highest BCUT2D eigenvalue weighted by atomic mass is 32.1. The number of fused-ring (bicyclic) bond motifs is 1. The van der Waals surface area contributed by atoms with Gasteiger partial charge in [0.1, 0.15) is 23.9 Å². The molecule has 0 unspecified atom stereocenters. The number of carbonyl (C=O) groups excluding carboxylic acids is 3. The summed E-state index contributed by atoms with van der Waals surface area (Å²) in [6.07, 6.45) is -1.58. The first kappa shape index (κ1) is 27.9. The maximum Gasteiger partial charge on any atom is 0.338 e. The first-order chi connectivity index (χ1) is 21.0. The zero-order valence-corrected chi connectivity index (χ0v) is 23.3. The second-order valence-corrected chi connectivity index (χ2v) is 9.94. The van der Waals surface area contributed by atoms with Gasteiger partial charge in [-0.15, -0.1) is 0 Å². The van der Waals surface area contributed by atoms with Crippen LogP contribution in [0.25, 0.3) is 11.2 Å². The van der Waals surface area contributed by atoms with Crippen molar-refractivity contribution in [1.29, 1.82) is 0 Å². The number of hydrogen-bond donors (Lipinski definition) is 1. The van der Waals surface area contributed by atoms with Crippen molar-refractivity contribution in [2.24, 2.45) is 0 Å². The maximum atomic E-state index is 13.3. The van der Waals surface area contributed by atoms with Gasteiger partial charge < -0.3 is 23.9 Å². The van der Waals surface area contributed by atoms with E-state index >= 15 is 0 Å². The molecule has 3 aromatic carbocycles. The zero-order valence-electron chi connectivity index (χ0n) is 22.4. The van der Waals surface area contributed by atoms with Crippen LogP contribution in [-0.4, -0.2) is 62.3 Å². The van der Waals surface area contributed by atoms with E-state index in [-0.39, 0.29) is 22.4 Å². The second-order valence-electron chi connectivity index (χ2n) is 9.56. The van der Waals surface area contributed by atoms with Gasteiger partial charge in [0.2, 0.25) is 0 Å². The standard InChI is InChI=1S/C31H24N4O7S/c36-29(19-10-4-1-5-11-19)39-16-22-24(41-30(37)20-12-6-2-7-13-20)25(42-31(38)21-14-8-3-9-15-21)28(40-22)35-18-34-23-26(35)32-17-33-27(23)43/h1-15,17-18,22,24-25,28H,16H2,(H,32,33,43)/t22-,24-,25-,28-/m1/s1. The Labute approximate surface area is 250 Å². The van der Waals surface area contributed by atoms with Gasteiger partial charge in [0, 0.05) is 0 Å². The molecule has 6 rings (SSSR count). The van der Waals surface area contributed by atoms with Crippen LogP contribution in [0.4, 0.5) is 0 Å². The van der Waals surface area contributed by atoms with Gasteiger partial charge in [-0.05, 0) is 36.4 Å². The van der Waals surface area contributed by atoms with Gasteiger partial charge in [0.25, 0.3) is 0 Å². The number of nitrogens with one attached hydrogen (secondary N) is 1. The molecular weight excluding hydrogens is 572 g/mol. The molecule has 4 atom stereocenters. The molecule has 0 aliphatic carbocycles. The molecule has 2 aromatic heterocycles. The lowest BCUT2D eigenvalue weighted by Gasteiger charge is -2.25. The van der Waals surface area contributed by atoms with Crippen molar-refractivity contribution in [1.82, 2.24) is 19.5 Å². The van der Waals surface area contributed by atoms with Crippen LogP contribution in [0.2, 0.25) is 0 Å². The van der Waals surface area contributed by atoms with Crippen molar-refractivity contribution in [3.63, 3.8) is 0 Å². The van der Waals surface area contributed by atoms with Crippen molar-refractivity contribution >= 4 is 41.3 Å². The summed E-state index contributed by atoms with van der Waals surface area (Å²) in [7, 11) is 0. The summed E-state index contributed by atoms with van der Waals surface area (Å²) in [4.78, 5) is 50.8. The molecule has 1 N–H and O–H groups in total. The minimum absolute atomic E-state index is 0.253. The molecule has 1 fully saturated rings. The van der Waals surface area contributed by atoms with Gasteiger partial charge in [-0.25, -0.2) is 24.4 Å². The Balaban J connectivity index is 1.37. The van der Waals surface area contributed by atoms with Crippen LogP contribution < -0.4 is 0 Å². The maximum absolute atomic E-state index is 13.3. The third-order valence-corrected chi connectivity index (χ3v) is 7.13. The Kier molecular flexibility index (Phi) is 8.03. The summed E-state index contributed by atoms with van der Waals surface area (Å²) in [5, 5.41) is 0. The van der Waals surface area contributed by atoms with Gasteiger partial charge in [-0.3, -0.25) is 4.57 Å². The van der Waals surface area contributed by atoms with E-state index in [0.29, 0.717) is 16.7 Å². The van der Waals surface area contributed by atoms with E-state index in [4.69, 9.17) is 31.2 Å². The molecule has 1 aliphatic rings. The molecule has 0 saturated carbocycles. The van der Waals surface area contributed by atoms with E-state index in [2.05, 4.69) is 15.0 Å². The number of hydrogen-bond acceptors (Lipinski definition) is 10. The first-order valence-corrected chi connectivity index (χ1v) is 13.7. The Hall–Kier alpha value is -5.20. The lowest BCUT2D eigenvalue weighted by atomic mass is 10.1. The lowest BCUT2D eigenvalue weighted by Crippen LogP contribution is -2.41. The predicted molar refractivity (Wildman–Crippen MR) is 155 cm³/mol. The molecule has 1 saturated heterocycles. The van der Waals surface area contributed by atoms with Crippen LogP contribution in [0.15, 0.2) is 104 Å². The number of carbonyl (C=O) groups is 3. The quantitative estimate of drug-likeness (QED) is 0.153. The Bertz CT molecular complexity index is 1810. The van der Waals surface area contributed by atoms with E-state index in [1.54, 1.807) is 95.6 Å². The summed E-state index contributed by atoms with van der Waals surface area (Å²) in [5.41, 5.74) is 1.74. The van der Waals surface area contributed by atoms with Crippen molar-refractivity contribution in [2.45, 2.75) is 24.5 Å². The highest BCUT2D eigenvalue weighted by Crippen LogP contribution is 2.36. The van der Waals surface area contributed by atoms with Crippen molar-refractivity contribution in [2.75, 3.05) is 6.61 Å². The molecule has 0 radical (unpaired) electrons. The smallest absolute Gasteiger partial charge is 0.338 e. The summed E-state index contributed by atoms with van der Waals surface area (Å²) < 4.78 is 25.7. The number of aromatic amines is 1. The normalized spacial score (nSPS) is 19.5. The highest BCUT2D eigenvalue weighted by molar-refractivity contribution is 7.71. The molecule has 12 heteroatoms. The summed E-state index contributed by atoms with van der Waals surface area (Å²) >= 11 is 5.32. The molecule has 216 valence electrons. The largest absolute Gasteiger partial charge is 0.459 e. The number of aromatic nitrogens is 4.